The van der Waals surface area contributed by atoms with Crippen molar-refractivity contribution in [2.24, 2.45) is 0 Å². The van der Waals surface area contributed by atoms with Crippen LogP contribution in [0.5, 0.6) is 0 Å². The van der Waals surface area contributed by atoms with E-state index in [9.17, 15) is 5.11 Å². The van der Waals surface area contributed by atoms with Gasteiger partial charge in [-0.15, -0.1) is 0 Å². The van der Waals surface area contributed by atoms with E-state index in [0.29, 0.717) is 0 Å². The number of aromatic nitrogens is 2. The molecule has 80 valence electrons. The molecule has 3 heteroatoms. The molecule has 0 aliphatic rings. The van der Waals surface area contributed by atoms with Gasteiger partial charge in [-0.1, -0.05) is 20.3 Å². The summed E-state index contributed by atoms with van der Waals surface area (Å²) in [5.74, 6) is 0.996. The van der Waals surface area contributed by atoms with Gasteiger partial charge in [0.1, 0.15) is 5.82 Å². The lowest BCUT2D eigenvalue weighted by atomic mass is 10.1. The molecule has 2 N–H and O–H groups in total. The van der Waals surface area contributed by atoms with Crippen molar-refractivity contribution in [1.29, 1.82) is 0 Å². The molecule has 0 aliphatic heterocycles. The minimum atomic E-state index is -0.401. The second kappa shape index (κ2) is 5.15. The zero-order valence-corrected chi connectivity index (χ0v) is 9.30. The van der Waals surface area contributed by atoms with Gasteiger partial charge in [0.2, 0.25) is 0 Å². The fourth-order valence-electron chi connectivity index (χ4n) is 1.63. The zero-order valence-electron chi connectivity index (χ0n) is 9.30. The number of H-pyrrole nitrogens is 1. The number of rotatable bonds is 5. The number of aliphatic hydroxyl groups is 1. The van der Waals surface area contributed by atoms with E-state index in [1.54, 1.807) is 0 Å². The van der Waals surface area contributed by atoms with E-state index in [2.05, 4.69) is 23.8 Å². The summed E-state index contributed by atoms with van der Waals surface area (Å²) >= 11 is 0. The summed E-state index contributed by atoms with van der Waals surface area (Å²) in [4.78, 5) is 7.63. The highest BCUT2D eigenvalue weighted by molar-refractivity contribution is 5.15. The molecule has 1 aromatic heterocycles. The quantitative estimate of drug-likeness (QED) is 0.760. The van der Waals surface area contributed by atoms with Gasteiger partial charge in [0.25, 0.3) is 0 Å². The Labute approximate surface area is 85.6 Å². The fraction of sp³-hybridized carbons (Fsp3) is 0.727. The highest BCUT2D eigenvalue weighted by Crippen LogP contribution is 2.19. The maximum atomic E-state index is 9.80. The van der Waals surface area contributed by atoms with Gasteiger partial charge in [-0.3, -0.25) is 0 Å². The molecule has 0 aromatic carbocycles. The molecule has 1 unspecified atom stereocenters. The van der Waals surface area contributed by atoms with Crippen molar-refractivity contribution in [3.63, 3.8) is 0 Å². The van der Waals surface area contributed by atoms with Crippen LogP contribution in [-0.4, -0.2) is 15.1 Å². The SMILES string of the molecule is CCCc1nc(C(O)CCC)c(C)[nH]1. The fourth-order valence-corrected chi connectivity index (χ4v) is 1.63. The molecular weight excluding hydrogens is 176 g/mol. The van der Waals surface area contributed by atoms with Gasteiger partial charge >= 0.3 is 0 Å². The van der Waals surface area contributed by atoms with Crippen molar-refractivity contribution >= 4 is 0 Å². The average molecular weight is 196 g/mol. The number of imidazole rings is 1. The molecule has 0 bridgehead atoms. The van der Waals surface area contributed by atoms with Crippen molar-refractivity contribution in [1.82, 2.24) is 9.97 Å². The minimum Gasteiger partial charge on any atom is -0.387 e. The van der Waals surface area contributed by atoms with Crippen LogP contribution >= 0.6 is 0 Å². The van der Waals surface area contributed by atoms with Gasteiger partial charge < -0.3 is 10.1 Å². The smallest absolute Gasteiger partial charge is 0.106 e. The van der Waals surface area contributed by atoms with E-state index in [4.69, 9.17) is 0 Å². The molecular formula is C11H20N2O. The van der Waals surface area contributed by atoms with Gasteiger partial charge in [0, 0.05) is 12.1 Å². The van der Waals surface area contributed by atoms with Gasteiger partial charge in [-0.2, -0.15) is 0 Å². The van der Waals surface area contributed by atoms with Crippen molar-refractivity contribution in [2.45, 2.75) is 52.6 Å². The van der Waals surface area contributed by atoms with E-state index < -0.39 is 6.10 Å². The van der Waals surface area contributed by atoms with Crippen LogP contribution in [0.25, 0.3) is 0 Å². The molecule has 1 aromatic rings. The van der Waals surface area contributed by atoms with Crippen LogP contribution < -0.4 is 0 Å². The number of aliphatic hydroxyl groups excluding tert-OH is 1. The molecule has 0 amide bonds. The second-order valence-electron chi connectivity index (χ2n) is 3.75. The van der Waals surface area contributed by atoms with Crippen LogP contribution in [0.4, 0.5) is 0 Å². The normalized spacial score (nSPS) is 13.1. The number of hydrogen-bond donors (Lipinski definition) is 2. The van der Waals surface area contributed by atoms with Crippen LogP contribution in [0.1, 0.15) is 56.4 Å². The third-order valence-corrected chi connectivity index (χ3v) is 2.34. The van der Waals surface area contributed by atoms with E-state index in [1.807, 2.05) is 6.92 Å². The highest BCUT2D eigenvalue weighted by atomic mass is 16.3. The predicted molar refractivity (Wildman–Crippen MR) is 57.2 cm³/mol. The topological polar surface area (TPSA) is 48.9 Å². The van der Waals surface area contributed by atoms with Crippen LogP contribution in [0.15, 0.2) is 0 Å². The first-order chi connectivity index (χ1) is 6.69. The minimum absolute atomic E-state index is 0.401. The number of nitrogens with one attached hydrogen (secondary N) is 1. The second-order valence-corrected chi connectivity index (χ2v) is 3.75. The monoisotopic (exact) mass is 196 g/mol. The summed E-state index contributed by atoms with van der Waals surface area (Å²) in [6.45, 7) is 6.17. The maximum absolute atomic E-state index is 9.80. The van der Waals surface area contributed by atoms with E-state index in [-0.39, 0.29) is 0 Å². The first-order valence-corrected chi connectivity index (χ1v) is 5.42. The summed E-state index contributed by atoms with van der Waals surface area (Å²) in [6, 6.07) is 0. The summed E-state index contributed by atoms with van der Waals surface area (Å²) in [6.07, 6.45) is 3.41. The van der Waals surface area contributed by atoms with Gasteiger partial charge in [0.15, 0.2) is 0 Å². The number of aromatic amines is 1. The van der Waals surface area contributed by atoms with Crippen LogP contribution in [0.3, 0.4) is 0 Å². The Morgan fingerprint density at radius 3 is 2.64 bits per heavy atom. The molecule has 3 nitrogen and oxygen atoms in total. The molecule has 0 saturated heterocycles. The van der Waals surface area contributed by atoms with Crippen LogP contribution in [0, 0.1) is 6.92 Å². The van der Waals surface area contributed by atoms with Gasteiger partial charge in [-0.05, 0) is 19.8 Å². The van der Waals surface area contributed by atoms with Crippen LogP contribution in [-0.2, 0) is 6.42 Å². The van der Waals surface area contributed by atoms with Crippen LogP contribution in [0.2, 0.25) is 0 Å². The number of nitrogens with zero attached hydrogens (tertiary/aromatic N) is 1. The summed E-state index contributed by atoms with van der Waals surface area (Å²) in [7, 11) is 0. The number of hydrogen-bond acceptors (Lipinski definition) is 2. The lowest BCUT2D eigenvalue weighted by Gasteiger charge is -2.06. The Morgan fingerprint density at radius 1 is 1.36 bits per heavy atom. The Morgan fingerprint density at radius 2 is 2.07 bits per heavy atom. The first-order valence-electron chi connectivity index (χ1n) is 5.42. The molecule has 0 spiro atoms. The molecule has 0 fully saturated rings. The third kappa shape index (κ3) is 2.58. The van der Waals surface area contributed by atoms with Crippen molar-refractivity contribution in [3.05, 3.63) is 17.2 Å². The third-order valence-electron chi connectivity index (χ3n) is 2.34. The maximum Gasteiger partial charge on any atom is 0.106 e. The van der Waals surface area contributed by atoms with E-state index in [0.717, 1.165) is 42.9 Å². The molecule has 0 aliphatic carbocycles. The van der Waals surface area contributed by atoms with Crippen molar-refractivity contribution < 1.29 is 5.11 Å². The summed E-state index contributed by atoms with van der Waals surface area (Å²) in [5.41, 5.74) is 1.84. The first kappa shape index (κ1) is 11.2. The molecule has 1 heterocycles. The standard InChI is InChI=1S/C11H20N2O/c1-4-6-9(14)11-8(3)12-10(13-11)7-5-2/h9,14H,4-7H2,1-3H3,(H,12,13). The lowest BCUT2D eigenvalue weighted by molar-refractivity contribution is 0.161. The Bertz CT molecular complexity index is 281. The highest BCUT2D eigenvalue weighted by Gasteiger charge is 2.13. The largest absolute Gasteiger partial charge is 0.387 e. The molecule has 1 atom stereocenters. The lowest BCUT2D eigenvalue weighted by Crippen LogP contribution is -1.99. The molecule has 14 heavy (non-hydrogen) atoms. The Kier molecular flexibility index (Phi) is 4.14. The Balaban J connectivity index is 2.75. The Hall–Kier alpha value is -0.830. The molecule has 0 radical (unpaired) electrons. The predicted octanol–water partition coefficient (Wildman–Crippen LogP) is 2.50. The summed E-state index contributed by atoms with van der Waals surface area (Å²) in [5, 5.41) is 9.80. The van der Waals surface area contributed by atoms with E-state index >= 15 is 0 Å². The van der Waals surface area contributed by atoms with Crippen molar-refractivity contribution in [3.8, 4) is 0 Å². The van der Waals surface area contributed by atoms with Gasteiger partial charge in [-0.25, -0.2) is 4.98 Å². The van der Waals surface area contributed by atoms with Crippen molar-refractivity contribution in [2.75, 3.05) is 0 Å². The van der Waals surface area contributed by atoms with Gasteiger partial charge in [0.05, 0.1) is 11.8 Å². The van der Waals surface area contributed by atoms with E-state index in [1.165, 1.54) is 0 Å². The summed E-state index contributed by atoms with van der Waals surface area (Å²) < 4.78 is 0. The molecule has 0 saturated carbocycles. The zero-order chi connectivity index (χ0) is 10.6. The molecule has 1 rings (SSSR count). The average Bonchev–Trinajstić information content (AvgIpc) is 2.48. The number of aryl methyl sites for hydroxylation is 2.